The number of ether oxygens (including phenoxy) is 2. The fraction of sp³-hybridized carbons (Fsp3) is 0.250. The number of H-pyrrole nitrogens is 1. The van der Waals surface area contributed by atoms with E-state index >= 15 is 0 Å². The van der Waals surface area contributed by atoms with Crippen LogP contribution in [-0.4, -0.2) is 36.6 Å². The summed E-state index contributed by atoms with van der Waals surface area (Å²) >= 11 is 0. The average molecular weight is 356 g/mol. The van der Waals surface area contributed by atoms with Crippen molar-refractivity contribution < 1.29 is 18.7 Å². The van der Waals surface area contributed by atoms with Gasteiger partial charge >= 0.3 is 0 Å². The van der Waals surface area contributed by atoms with E-state index in [9.17, 15) is 9.18 Å². The summed E-state index contributed by atoms with van der Waals surface area (Å²) in [5, 5.41) is 0.671. The summed E-state index contributed by atoms with van der Waals surface area (Å²) in [5.41, 5.74) is 2.07. The van der Waals surface area contributed by atoms with E-state index < -0.39 is 0 Å². The van der Waals surface area contributed by atoms with Gasteiger partial charge in [0, 0.05) is 24.5 Å². The SMILES string of the molecule is CCOc1ccc(CN(C)C(=O)c2cc3cc(F)ccc3[nH]2)cc1OC. The van der Waals surface area contributed by atoms with Crippen LogP contribution in [0.4, 0.5) is 4.39 Å². The molecule has 1 heterocycles. The molecule has 0 aliphatic rings. The lowest BCUT2D eigenvalue weighted by Crippen LogP contribution is -2.26. The predicted molar refractivity (Wildman–Crippen MR) is 98.2 cm³/mol. The highest BCUT2D eigenvalue weighted by atomic mass is 19.1. The zero-order valence-electron chi connectivity index (χ0n) is 15.0. The van der Waals surface area contributed by atoms with Crippen LogP contribution in [0, 0.1) is 5.82 Å². The number of hydrogen-bond acceptors (Lipinski definition) is 3. The van der Waals surface area contributed by atoms with Crippen LogP contribution >= 0.6 is 0 Å². The summed E-state index contributed by atoms with van der Waals surface area (Å²) < 4.78 is 24.2. The van der Waals surface area contributed by atoms with Crippen LogP contribution in [0.1, 0.15) is 23.0 Å². The smallest absolute Gasteiger partial charge is 0.270 e. The monoisotopic (exact) mass is 356 g/mol. The molecule has 0 spiro atoms. The summed E-state index contributed by atoms with van der Waals surface area (Å²) in [6.45, 7) is 2.87. The molecule has 1 aromatic heterocycles. The molecule has 0 radical (unpaired) electrons. The van der Waals surface area contributed by atoms with Crippen LogP contribution in [0.25, 0.3) is 10.9 Å². The van der Waals surface area contributed by atoms with Crippen molar-refractivity contribution in [2.45, 2.75) is 13.5 Å². The second-order valence-corrected chi connectivity index (χ2v) is 5.99. The number of halogens is 1. The Bertz CT molecular complexity index is 936. The molecular weight excluding hydrogens is 335 g/mol. The highest BCUT2D eigenvalue weighted by Gasteiger charge is 2.16. The molecule has 6 heteroatoms. The molecule has 1 N–H and O–H groups in total. The van der Waals surface area contributed by atoms with Gasteiger partial charge in [0.15, 0.2) is 11.5 Å². The van der Waals surface area contributed by atoms with Crippen LogP contribution in [0.2, 0.25) is 0 Å². The molecule has 0 fully saturated rings. The summed E-state index contributed by atoms with van der Waals surface area (Å²) in [6.07, 6.45) is 0. The highest BCUT2D eigenvalue weighted by molar-refractivity contribution is 5.97. The number of rotatable bonds is 6. The van der Waals surface area contributed by atoms with E-state index in [1.165, 1.54) is 12.1 Å². The van der Waals surface area contributed by atoms with E-state index in [1.807, 2.05) is 25.1 Å². The van der Waals surface area contributed by atoms with Crippen LogP contribution < -0.4 is 9.47 Å². The third-order valence-corrected chi connectivity index (χ3v) is 4.11. The molecule has 2 aromatic carbocycles. The molecule has 0 aliphatic carbocycles. The van der Waals surface area contributed by atoms with Gasteiger partial charge in [-0.25, -0.2) is 4.39 Å². The van der Waals surface area contributed by atoms with E-state index in [0.29, 0.717) is 35.7 Å². The third kappa shape index (κ3) is 3.64. The number of aromatic nitrogens is 1. The number of carbonyl (C=O) groups is 1. The topological polar surface area (TPSA) is 54.6 Å². The number of methoxy groups -OCH3 is 1. The minimum atomic E-state index is -0.328. The van der Waals surface area contributed by atoms with Crippen LogP contribution in [0.15, 0.2) is 42.5 Å². The highest BCUT2D eigenvalue weighted by Crippen LogP contribution is 2.28. The van der Waals surface area contributed by atoms with Crippen LogP contribution in [-0.2, 0) is 6.54 Å². The molecule has 0 bridgehead atoms. The lowest BCUT2D eigenvalue weighted by atomic mass is 10.2. The van der Waals surface area contributed by atoms with Crippen molar-refractivity contribution in [2.75, 3.05) is 20.8 Å². The quantitative estimate of drug-likeness (QED) is 0.727. The molecule has 26 heavy (non-hydrogen) atoms. The fourth-order valence-corrected chi connectivity index (χ4v) is 2.86. The molecule has 3 rings (SSSR count). The maximum atomic E-state index is 13.3. The molecule has 0 unspecified atom stereocenters. The summed E-state index contributed by atoms with van der Waals surface area (Å²) in [4.78, 5) is 17.3. The van der Waals surface area contributed by atoms with Crippen molar-refractivity contribution >= 4 is 16.8 Å². The number of nitrogens with zero attached hydrogens (tertiary/aromatic N) is 1. The number of aromatic amines is 1. The number of amides is 1. The largest absolute Gasteiger partial charge is 0.493 e. The van der Waals surface area contributed by atoms with Crippen molar-refractivity contribution in [1.82, 2.24) is 9.88 Å². The normalized spacial score (nSPS) is 10.8. The third-order valence-electron chi connectivity index (χ3n) is 4.11. The Morgan fingerprint density at radius 3 is 2.69 bits per heavy atom. The van der Waals surface area contributed by atoms with E-state index in [1.54, 1.807) is 31.2 Å². The molecule has 0 aliphatic heterocycles. The molecule has 5 nitrogen and oxygen atoms in total. The number of benzene rings is 2. The van der Waals surface area contributed by atoms with Gasteiger partial charge in [-0.05, 0) is 48.9 Å². The van der Waals surface area contributed by atoms with E-state index in [4.69, 9.17) is 9.47 Å². The second kappa shape index (κ2) is 7.47. The van der Waals surface area contributed by atoms with Gasteiger partial charge < -0.3 is 19.4 Å². The fourth-order valence-electron chi connectivity index (χ4n) is 2.86. The molecule has 1 amide bonds. The Kier molecular flexibility index (Phi) is 5.11. The van der Waals surface area contributed by atoms with Crippen molar-refractivity contribution in [1.29, 1.82) is 0 Å². The van der Waals surface area contributed by atoms with E-state index in [0.717, 1.165) is 11.1 Å². The summed E-state index contributed by atoms with van der Waals surface area (Å²) in [5.74, 6) is 0.802. The van der Waals surface area contributed by atoms with Crippen molar-refractivity contribution in [3.63, 3.8) is 0 Å². The zero-order valence-corrected chi connectivity index (χ0v) is 15.0. The first-order valence-electron chi connectivity index (χ1n) is 8.35. The van der Waals surface area contributed by atoms with Gasteiger partial charge in [-0.1, -0.05) is 6.07 Å². The molecule has 0 saturated heterocycles. The van der Waals surface area contributed by atoms with Gasteiger partial charge in [0.2, 0.25) is 0 Å². The molecule has 0 atom stereocenters. The maximum absolute atomic E-state index is 13.3. The van der Waals surface area contributed by atoms with Crippen molar-refractivity contribution in [3.8, 4) is 11.5 Å². The van der Waals surface area contributed by atoms with E-state index in [2.05, 4.69) is 4.98 Å². The first-order chi connectivity index (χ1) is 12.5. The molecule has 136 valence electrons. The van der Waals surface area contributed by atoms with Crippen LogP contribution in [0.3, 0.4) is 0 Å². The zero-order chi connectivity index (χ0) is 18.7. The Labute approximate surface area is 151 Å². The maximum Gasteiger partial charge on any atom is 0.270 e. The minimum absolute atomic E-state index is 0.172. The summed E-state index contributed by atoms with van der Waals surface area (Å²) in [6, 6.07) is 11.6. The van der Waals surface area contributed by atoms with Gasteiger partial charge in [0.05, 0.1) is 13.7 Å². The Hall–Kier alpha value is -3.02. The Morgan fingerprint density at radius 1 is 1.15 bits per heavy atom. The first kappa shape index (κ1) is 17.8. The first-order valence-corrected chi connectivity index (χ1v) is 8.35. The van der Waals surface area contributed by atoms with Gasteiger partial charge in [-0.3, -0.25) is 4.79 Å². The standard InChI is InChI=1S/C20H21FN2O3/c1-4-26-18-8-5-13(9-19(18)25-3)12-23(2)20(24)17-11-14-10-15(21)6-7-16(14)22-17/h5-11,22H,4,12H2,1-3H3. The second-order valence-electron chi connectivity index (χ2n) is 5.99. The molecular formula is C20H21FN2O3. The van der Waals surface area contributed by atoms with Crippen LogP contribution in [0.5, 0.6) is 11.5 Å². The summed E-state index contributed by atoms with van der Waals surface area (Å²) in [7, 11) is 3.30. The lowest BCUT2D eigenvalue weighted by Gasteiger charge is -2.18. The lowest BCUT2D eigenvalue weighted by molar-refractivity contribution is 0.0780. The van der Waals surface area contributed by atoms with Gasteiger partial charge in [0.1, 0.15) is 11.5 Å². The van der Waals surface area contributed by atoms with E-state index in [-0.39, 0.29) is 11.7 Å². The number of carbonyl (C=O) groups excluding carboxylic acids is 1. The van der Waals surface area contributed by atoms with Crippen molar-refractivity contribution in [2.24, 2.45) is 0 Å². The van der Waals surface area contributed by atoms with Gasteiger partial charge in [-0.15, -0.1) is 0 Å². The Balaban J connectivity index is 1.77. The predicted octanol–water partition coefficient (Wildman–Crippen LogP) is 3.99. The van der Waals surface area contributed by atoms with Gasteiger partial charge in [-0.2, -0.15) is 0 Å². The minimum Gasteiger partial charge on any atom is -0.493 e. The van der Waals surface area contributed by atoms with Gasteiger partial charge in [0.25, 0.3) is 5.91 Å². The Morgan fingerprint density at radius 2 is 1.96 bits per heavy atom. The number of nitrogens with one attached hydrogen (secondary N) is 1. The number of hydrogen-bond donors (Lipinski definition) is 1. The molecule has 3 aromatic rings. The van der Waals surface area contributed by atoms with Crippen molar-refractivity contribution in [3.05, 3.63) is 59.5 Å². The average Bonchev–Trinajstić information content (AvgIpc) is 3.05. The molecule has 0 saturated carbocycles. The number of fused-ring (bicyclic) bond motifs is 1.